The number of ether oxygens (including phenoxy) is 1. The first-order chi connectivity index (χ1) is 10.1. The van der Waals surface area contributed by atoms with Gasteiger partial charge in [0.25, 0.3) is 0 Å². The summed E-state index contributed by atoms with van der Waals surface area (Å²) in [6.45, 7) is 9.48. The normalized spacial score (nSPS) is 23.5. The summed E-state index contributed by atoms with van der Waals surface area (Å²) in [5.41, 5.74) is 1.29. The van der Waals surface area contributed by atoms with Crippen molar-refractivity contribution in [2.24, 2.45) is 5.92 Å². The van der Waals surface area contributed by atoms with Crippen LogP contribution in [0, 0.1) is 5.92 Å². The van der Waals surface area contributed by atoms with Crippen molar-refractivity contribution in [2.75, 3.05) is 19.6 Å². The maximum absolute atomic E-state index is 10.2. The highest BCUT2D eigenvalue weighted by atomic mass is 16.5. The standard InChI is InChI=1S/C18H29NO2/c1-4-10-19-11-9-18(20)16(13-19)12-15-5-7-17(8-6-15)21-14(2)3/h5-8,14,16,18,20H,4,9-13H2,1-3H3. The molecule has 3 nitrogen and oxygen atoms in total. The number of benzene rings is 1. The second-order valence-corrected chi connectivity index (χ2v) is 6.43. The van der Waals surface area contributed by atoms with Crippen molar-refractivity contribution in [1.29, 1.82) is 0 Å². The second-order valence-electron chi connectivity index (χ2n) is 6.43. The Hall–Kier alpha value is -1.06. The average Bonchev–Trinajstić information content (AvgIpc) is 2.44. The molecule has 1 heterocycles. The molecule has 2 unspecified atom stereocenters. The zero-order valence-corrected chi connectivity index (χ0v) is 13.6. The molecule has 118 valence electrons. The fraction of sp³-hybridized carbons (Fsp3) is 0.667. The largest absolute Gasteiger partial charge is 0.491 e. The Balaban J connectivity index is 1.93. The minimum absolute atomic E-state index is 0.162. The van der Waals surface area contributed by atoms with Crippen LogP contribution in [0.15, 0.2) is 24.3 Å². The summed E-state index contributed by atoms with van der Waals surface area (Å²) in [6.07, 6.45) is 3.08. The van der Waals surface area contributed by atoms with Crippen LogP contribution in [0.25, 0.3) is 0 Å². The minimum Gasteiger partial charge on any atom is -0.491 e. The van der Waals surface area contributed by atoms with Crippen molar-refractivity contribution in [3.63, 3.8) is 0 Å². The number of hydrogen-bond acceptors (Lipinski definition) is 3. The highest BCUT2D eigenvalue weighted by Crippen LogP contribution is 2.23. The Bertz CT molecular complexity index is 416. The smallest absolute Gasteiger partial charge is 0.119 e. The number of hydrogen-bond donors (Lipinski definition) is 1. The van der Waals surface area contributed by atoms with Gasteiger partial charge in [-0.05, 0) is 57.4 Å². The number of aliphatic hydroxyl groups is 1. The lowest BCUT2D eigenvalue weighted by atomic mass is 9.88. The topological polar surface area (TPSA) is 32.7 Å². The highest BCUT2D eigenvalue weighted by Gasteiger charge is 2.27. The molecule has 0 saturated carbocycles. The third kappa shape index (κ3) is 5.01. The molecule has 1 N–H and O–H groups in total. The minimum atomic E-state index is -0.162. The van der Waals surface area contributed by atoms with Crippen LogP contribution in [0.3, 0.4) is 0 Å². The van der Waals surface area contributed by atoms with E-state index < -0.39 is 0 Å². The Kier molecular flexibility index (Phi) is 6.07. The maximum atomic E-state index is 10.2. The van der Waals surface area contributed by atoms with E-state index in [1.165, 1.54) is 12.0 Å². The molecule has 0 spiro atoms. The second kappa shape index (κ2) is 7.81. The van der Waals surface area contributed by atoms with Crippen LogP contribution < -0.4 is 4.74 Å². The number of rotatable bonds is 6. The molecule has 0 aromatic heterocycles. The van der Waals surface area contributed by atoms with Crippen molar-refractivity contribution < 1.29 is 9.84 Å². The fourth-order valence-corrected chi connectivity index (χ4v) is 3.09. The molecular weight excluding hydrogens is 262 g/mol. The van der Waals surface area contributed by atoms with Crippen LogP contribution in [0.1, 0.15) is 39.2 Å². The predicted octanol–water partition coefficient (Wildman–Crippen LogP) is 3.11. The van der Waals surface area contributed by atoms with Gasteiger partial charge in [0.2, 0.25) is 0 Å². The van der Waals surface area contributed by atoms with Crippen LogP contribution >= 0.6 is 0 Å². The van der Waals surface area contributed by atoms with E-state index in [4.69, 9.17) is 4.74 Å². The van der Waals surface area contributed by atoms with Crippen LogP contribution in [0.2, 0.25) is 0 Å². The quantitative estimate of drug-likeness (QED) is 0.874. The molecular formula is C18H29NO2. The van der Waals surface area contributed by atoms with Crippen molar-refractivity contribution in [2.45, 2.75) is 52.2 Å². The molecule has 1 saturated heterocycles. The van der Waals surface area contributed by atoms with E-state index >= 15 is 0 Å². The van der Waals surface area contributed by atoms with Gasteiger partial charge in [-0.1, -0.05) is 19.1 Å². The fourth-order valence-electron chi connectivity index (χ4n) is 3.09. The molecule has 1 aliphatic heterocycles. The molecule has 1 aliphatic rings. The number of nitrogens with zero attached hydrogens (tertiary/aromatic N) is 1. The van der Waals surface area contributed by atoms with E-state index in [9.17, 15) is 5.11 Å². The van der Waals surface area contributed by atoms with Gasteiger partial charge in [0.1, 0.15) is 5.75 Å². The summed E-state index contributed by atoms with van der Waals surface area (Å²) < 4.78 is 5.67. The Labute approximate surface area is 128 Å². The summed E-state index contributed by atoms with van der Waals surface area (Å²) >= 11 is 0. The molecule has 1 aromatic rings. The van der Waals surface area contributed by atoms with E-state index in [2.05, 4.69) is 24.0 Å². The van der Waals surface area contributed by atoms with E-state index in [0.29, 0.717) is 5.92 Å². The van der Waals surface area contributed by atoms with Crippen LogP contribution in [0.4, 0.5) is 0 Å². The highest BCUT2D eigenvalue weighted by molar-refractivity contribution is 5.27. The molecule has 0 radical (unpaired) electrons. The Morgan fingerprint density at radius 3 is 2.62 bits per heavy atom. The van der Waals surface area contributed by atoms with E-state index in [-0.39, 0.29) is 12.2 Å². The van der Waals surface area contributed by atoms with E-state index in [1.807, 2.05) is 26.0 Å². The summed E-state index contributed by atoms with van der Waals surface area (Å²) in [5, 5.41) is 10.2. The van der Waals surface area contributed by atoms with E-state index in [1.54, 1.807) is 0 Å². The molecule has 0 aliphatic carbocycles. The number of piperidine rings is 1. The maximum Gasteiger partial charge on any atom is 0.119 e. The van der Waals surface area contributed by atoms with Crippen molar-refractivity contribution in [3.8, 4) is 5.75 Å². The number of likely N-dealkylation sites (tertiary alicyclic amines) is 1. The van der Waals surface area contributed by atoms with Gasteiger partial charge in [0.15, 0.2) is 0 Å². The average molecular weight is 291 g/mol. The Morgan fingerprint density at radius 1 is 1.29 bits per heavy atom. The van der Waals surface area contributed by atoms with Crippen LogP contribution in [-0.2, 0) is 6.42 Å². The van der Waals surface area contributed by atoms with Crippen molar-refractivity contribution in [1.82, 2.24) is 4.90 Å². The lowest BCUT2D eigenvalue weighted by Gasteiger charge is -2.36. The summed E-state index contributed by atoms with van der Waals surface area (Å²) in [7, 11) is 0. The van der Waals surface area contributed by atoms with Crippen molar-refractivity contribution >= 4 is 0 Å². The van der Waals surface area contributed by atoms with Crippen LogP contribution in [-0.4, -0.2) is 41.8 Å². The van der Waals surface area contributed by atoms with Gasteiger partial charge in [-0.3, -0.25) is 0 Å². The number of aliphatic hydroxyl groups excluding tert-OH is 1. The zero-order valence-electron chi connectivity index (χ0n) is 13.6. The van der Waals surface area contributed by atoms with Crippen molar-refractivity contribution in [3.05, 3.63) is 29.8 Å². The molecule has 21 heavy (non-hydrogen) atoms. The third-order valence-corrected chi connectivity index (χ3v) is 4.11. The summed E-state index contributed by atoms with van der Waals surface area (Å²) in [5.74, 6) is 1.27. The van der Waals surface area contributed by atoms with Gasteiger partial charge in [-0.25, -0.2) is 0 Å². The zero-order chi connectivity index (χ0) is 15.2. The first-order valence-electron chi connectivity index (χ1n) is 8.24. The first-order valence-corrected chi connectivity index (χ1v) is 8.24. The summed E-state index contributed by atoms with van der Waals surface area (Å²) in [4.78, 5) is 2.48. The molecule has 1 fully saturated rings. The van der Waals surface area contributed by atoms with Gasteiger partial charge < -0.3 is 14.7 Å². The van der Waals surface area contributed by atoms with Gasteiger partial charge >= 0.3 is 0 Å². The molecule has 2 atom stereocenters. The molecule has 3 heteroatoms. The third-order valence-electron chi connectivity index (χ3n) is 4.11. The molecule has 1 aromatic carbocycles. The lowest BCUT2D eigenvalue weighted by molar-refractivity contribution is 0.0270. The lowest BCUT2D eigenvalue weighted by Crippen LogP contribution is -2.44. The van der Waals surface area contributed by atoms with Gasteiger partial charge in [0, 0.05) is 19.0 Å². The van der Waals surface area contributed by atoms with Gasteiger partial charge in [-0.15, -0.1) is 0 Å². The van der Waals surface area contributed by atoms with Gasteiger partial charge in [0.05, 0.1) is 12.2 Å². The van der Waals surface area contributed by atoms with E-state index in [0.717, 1.165) is 38.2 Å². The van der Waals surface area contributed by atoms with Crippen LogP contribution in [0.5, 0.6) is 5.75 Å². The monoisotopic (exact) mass is 291 g/mol. The predicted molar refractivity (Wildman–Crippen MR) is 86.8 cm³/mol. The summed E-state index contributed by atoms with van der Waals surface area (Å²) in [6, 6.07) is 8.33. The molecule has 0 bridgehead atoms. The molecule has 0 amide bonds. The molecule has 2 rings (SSSR count). The Morgan fingerprint density at radius 2 is 2.00 bits per heavy atom. The first kappa shape index (κ1) is 16.3. The van der Waals surface area contributed by atoms with Gasteiger partial charge in [-0.2, -0.15) is 0 Å². The SMILES string of the molecule is CCCN1CCC(O)C(Cc2ccc(OC(C)C)cc2)C1.